The molecule has 0 N–H and O–H groups in total. The fourth-order valence-electron chi connectivity index (χ4n) is 1.23. The van der Waals surface area contributed by atoms with E-state index in [1.165, 1.54) is 12.1 Å². The fraction of sp³-hybridized carbons (Fsp3) is 0. The van der Waals surface area contributed by atoms with Crippen LogP contribution < -0.4 is 29.6 Å². The maximum absolute atomic E-state index is 10.7. The Morgan fingerprint density at radius 1 is 0.947 bits per heavy atom. The summed E-state index contributed by atoms with van der Waals surface area (Å²) in [6.07, 6.45) is 0. The second-order valence-electron chi connectivity index (χ2n) is 3.18. The third-order valence-corrected chi connectivity index (χ3v) is 3.17. The minimum atomic E-state index is -4.47. The molecule has 0 aliphatic rings. The van der Waals surface area contributed by atoms with E-state index >= 15 is 0 Å². The van der Waals surface area contributed by atoms with Gasteiger partial charge in [-0.25, -0.2) is 8.42 Å². The summed E-state index contributed by atoms with van der Waals surface area (Å²) in [4.78, 5) is 10.9. The van der Waals surface area contributed by atoms with Crippen LogP contribution in [0.5, 0.6) is 0 Å². The molecule has 1 heterocycles. The SMILES string of the molecule is O=S(=O)([O-])c1ccc(-c2nc(Cl)nc(Cl)n2)cc1.[Na+]. The first-order chi connectivity index (χ1) is 8.36. The molecular formula is C9H4Cl2N3NaO3S. The molecule has 0 aliphatic carbocycles. The first kappa shape index (κ1) is 16.8. The summed E-state index contributed by atoms with van der Waals surface area (Å²) >= 11 is 11.2. The summed E-state index contributed by atoms with van der Waals surface area (Å²) in [6, 6.07) is 5.08. The third-order valence-electron chi connectivity index (χ3n) is 1.98. The van der Waals surface area contributed by atoms with Crippen LogP contribution >= 0.6 is 23.2 Å². The van der Waals surface area contributed by atoms with E-state index in [1.54, 1.807) is 0 Å². The summed E-state index contributed by atoms with van der Waals surface area (Å²) in [6.45, 7) is 0. The molecule has 0 atom stereocenters. The van der Waals surface area contributed by atoms with Crippen molar-refractivity contribution in [3.05, 3.63) is 34.8 Å². The maximum Gasteiger partial charge on any atom is 1.00 e. The van der Waals surface area contributed by atoms with Gasteiger partial charge < -0.3 is 4.55 Å². The predicted molar refractivity (Wildman–Crippen MR) is 63.2 cm³/mol. The van der Waals surface area contributed by atoms with Gasteiger partial charge in [-0.15, -0.1) is 0 Å². The second-order valence-corrected chi connectivity index (χ2v) is 5.23. The molecule has 0 unspecified atom stereocenters. The Labute approximate surface area is 141 Å². The van der Waals surface area contributed by atoms with Crippen LogP contribution in [0.3, 0.4) is 0 Å². The van der Waals surface area contributed by atoms with E-state index in [0.717, 1.165) is 12.1 Å². The van der Waals surface area contributed by atoms with E-state index in [-0.39, 0.29) is 50.8 Å². The molecule has 1 aromatic carbocycles. The Kier molecular flexibility index (Phi) is 5.69. The van der Waals surface area contributed by atoms with Crippen molar-refractivity contribution < 1.29 is 42.5 Å². The summed E-state index contributed by atoms with van der Waals surface area (Å²) in [5.74, 6) is 0.190. The van der Waals surface area contributed by atoms with E-state index in [4.69, 9.17) is 23.2 Å². The van der Waals surface area contributed by atoms with Crippen LogP contribution in [0.25, 0.3) is 11.4 Å². The van der Waals surface area contributed by atoms with E-state index in [0.29, 0.717) is 5.56 Å². The first-order valence-electron chi connectivity index (χ1n) is 4.50. The van der Waals surface area contributed by atoms with E-state index in [1.807, 2.05) is 0 Å². The van der Waals surface area contributed by atoms with Gasteiger partial charge in [-0.05, 0) is 47.5 Å². The zero-order valence-electron chi connectivity index (χ0n) is 9.54. The maximum atomic E-state index is 10.7. The van der Waals surface area contributed by atoms with E-state index < -0.39 is 10.1 Å². The van der Waals surface area contributed by atoms with Crippen LogP contribution in [0.15, 0.2) is 29.2 Å². The van der Waals surface area contributed by atoms with Crippen molar-refractivity contribution in [2.75, 3.05) is 0 Å². The summed E-state index contributed by atoms with van der Waals surface area (Å²) in [5.41, 5.74) is 0.466. The molecule has 0 spiro atoms. The van der Waals surface area contributed by atoms with Gasteiger partial charge in [0.25, 0.3) is 0 Å². The zero-order chi connectivity index (χ0) is 13.3. The number of nitrogens with zero attached hydrogens (tertiary/aromatic N) is 3. The third kappa shape index (κ3) is 4.35. The van der Waals surface area contributed by atoms with Crippen LogP contribution in [-0.2, 0) is 10.1 Å². The molecule has 94 valence electrons. The molecule has 0 saturated carbocycles. The number of hydrogen-bond acceptors (Lipinski definition) is 6. The van der Waals surface area contributed by atoms with Crippen LogP contribution in [0.1, 0.15) is 0 Å². The predicted octanol–water partition coefficient (Wildman–Crippen LogP) is -1.25. The van der Waals surface area contributed by atoms with E-state index in [9.17, 15) is 13.0 Å². The fourth-order valence-corrected chi connectivity index (χ4v) is 2.06. The molecule has 0 aliphatic heterocycles. The van der Waals surface area contributed by atoms with Gasteiger partial charge in [0, 0.05) is 5.56 Å². The first-order valence-corrected chi connectivity index (χ1v) is 6.66. The molecule has 19 heavy (non-hydrogen) atoms. The summed E-state index contributed by atoms with van der Waals surface area (Å²) < 4.78 is 32.2. The Morgan fingerprint density at radius 3 is 1.84 bits per heavy atom. The zero-order valence-corrected chi connectivity index (χ0v) is 13.9. The van der Waals surface area contributed by atoms with Crippen molar-refractivity contribution in [1.82, 2.24) is 15.0 Å². The molecule has 0 fully saturated rings. The van der Waals surface area contributed by atoms with E-state index in [2.05, 4.69) is 15.0 Å². The molecule has 0 saturated heterocycles. The summed E-state index contributed by atoms with van der Waals surface area (Å²) in [5, 5.41) is -0.156. The number of rotatable bonds is 2. The smallest absolute Gasteiger partial charge is 0.744 e. The van der Waals surface area contributed by atoms with Crippen LogP contribution in [-0.4, -0.2) is 27.9 Å². The van der Waals surface area contributed by atoms with Gasteiger partial charge in [0.15, 0.2) is 5.82 Å². The molecule has 6 nitrogen and oxygen atoms in total. The van der Waals surface area contributed by atoms with Crippen molar-refractivity contribution >= 4 is 33.3 Å². The van der Waals surface area contributed by atoms with Gasteiger partial charge in [0.1, 0.15) is 10.1 Å². The van der Waals surface area contributed by atoms with Crippen LogP contribution in [0.4, 0.5) is 0 Å². The Bertz CT molecular complexity index is 674. The van der Waals surface area contributed by atoms with Crippen molar-refractivity contribution in [1.29, 1.82) is 0 Å². The van der Waals surface area contributed by atoms with Gasteiger partial charge in [0.05, 0.1) is 4.90 Å². The molecule has 0 amide bonds. The second kappa shape index (κ2) is 6.45. The van der Waals surface area contributed by atoms with Gasteiger partial charge in [-0.1, -0.05) is 0 Å². The minimum absolute atomic E-state index is 0. The molecule has 2 aromatic rings. The minimum Gasteiger partial charge on any atom is -0.744 e. The molecular weight excluding hydrogens is 324 g/mol. The molecule has 0 bridgehead atoms. The average Bonchev–Trinajstić information content (AvgIpc) is 2.27. The molecule has 2 rings (SSSR count). The van der Waals surface area contributed by atoms with Gasteiger partial charge in [0.2, 0.25) is 10.6 Å². The molecule has 10 heteroatoms. The monoisotopic (exact) mass is 327 g/mol. The number of halogens is 2. The van der Waals surface area contributed by atoms with Crippen LogP contribution in [0, 0.1) is 0 Å². The Hall–Kier alpha value is -0.280. The van der Waals surface area contributed by atoms with Crippen molar-refractivity contribution in [3.8, 4) is 11.4 Å². The standard InChI is InChI=1S/C9H5Cl2N3O3S.Na/c10-8-12-7(13-9(11)14-8)5-1-3-6(4-2-5)18(15,16)17;/h1-4H,(H,15,16,17);/q;+1/p-1. The molecule has 0 radical (unpaired) electrons. The van der Waals surface area contributed by atoms with Crippen LogP contribution in [0.2, 0.25) is 10.6 Å². The average molecular weight is 328 g/mol. The topological polar surface area (TPSA) is 95.9 Å². The van der Waals surface area contributed by atoms with Gasteiger partial charge >= 0.3 is 29.6 Å². The van der Waals surface area contributed by atoms with Gasteiger partial charge in [-0.3, -0.25) is 0 Å². The summed E-state index contributed by atoms with van der Waals surface area (Å²) in [7, 11) is -4.47. The Balaban J connectivity index is 0.00000180. The normalized spacial score (nSPS) is 10.9. The van der Waals surface area contributed by atoms with Crippen molar-refractivity contribution in [2.45, 2.75) is 4.90 Å². The van der Waals surface area contributed by atoms with Gasteiger partial charge in [-0.2, -0.15) is 15.0 Å². The van der Waals surface area contributed by atoms with Crippen molar-refractivity contribution in [2.24, 2.45) is 0 Å². The molecule has 1 aromatic heterocycles. The number of benzene rings is 1. The van der Waals surface area contributed by atoms with Crippen molar-refractivity contribution in [3.63, 3.8) is 0 Å². The number of hydrogen-bond donors (Lipinski definition) is 0. The largest absolute Gasteiger partial charge is 1.00 e. The Morgan fingerprint density at radius 2 is 1.42 bits per heavy atom. The number of aromatic nitrogens is 3. The quantitative estimate of drug-likeness (QED) is 0.505.